The molecule has 0 rings (SSSR count). The van der Waals surface area contributed by atoms with Crippen LogP contribution >= 0.6 is 0 Å². The minimum absolute atomic E-state index is 0.520. The first-order valence-corrected chi connectivity index (χ1v) is 7.66. The number of aliphatic hydroxyl groups is 1. The number of hydrogen-bond donors (Lipinski definition) is 3. The summed E-state index contributed by atoms with van der Waals surface area (Å²) >= 11 is 0. The molecule has 0 saturated carbocycles. The van der Waals surface area contributed by atoms with Crippen molar-refractivity contribution in [3.63, 3.8) is 0 Å². The van der Waals surface area contributed by atoms with E-state index in [0.717, 1.165) is 6.42 Å². The molecule has 16 heavy (non-hydrogen) atoms. The first-order valence-electron chi connectivity index (χ1n) is 5.43. The van der Waals surface area contributed by atoms with Crippen molar-refractivity contribution in [3.05, 3.63) is 0 Å². The normalized spacial score (nSPS) is 14.1. The molecule has 0 aromatic heterocycles. The number of nitrogens with one attached hydrogen (secondary N) is 1. The molecule has 0 saturated heterocycles. The van der Waals surface area contributed by atoms with Gasteiger partial charge in [0.05, 0.1) is 0 Å². The fourth-order valence-corrected chi connectivity index (χ4v) is 2.00. The van der Waals surface area contributed by atoms with Crippen LogP contribution < -0.4 is 11.1 Å². The molecule has 0 spiro atoms. The molecule has 0 amide bonds. The van der Waals surface area contributed by atoms with E-state index in [2.05, 4.69) is 5.32 Å². The van der Waals surface area contributed by atoms with E-state index in [0.29, 0.717) is 26.1 Å². The maximum absolute atomic E-state index is 9.45. The summed E-state index contributed by atoms with van der Waals surface area (Å²) in [7, 11) is 0.737. The summed E-state index contributed by atoms with van der Waals surface area (Å²) in [4.78, 5) is 0. The molecule has 1 atom stereocenters. The van der Waals surface area contributed by atoms with Gasteiger partial charge in [-0.1, -0.05) is 0 Å². The molecule has 6 nitrogen and oxygen atoms in total. The lowest BCUT2D eigenvalue weighted by Gasteiger charge is -2.22. The molecule has 0 radical (unpaired) electrons. The summed E-state index contributed by atoms with van der Waals surface area (Å²) in [6.07, 6.45) is 0.844. The summed E-state index contributed by atoms with van der Waals surface area (Å²) in [6, 6.07) is 0. The van der Waals surface area contributed by atoms with E-state index in [1.165, 1.54) is 0 Å². The minimum atomic E-state index is -2.42. The van der Waals surface area contributed by atoms with Gasteiger partial charge in [0.15, 0.2) is 0 Å². The largest absolute Gasteiger partial charge is 0.497 e. The highest BCUT2D eigenvalue weighted by Crippen LogP contribution is 2.07. The summed E-state index contributed by atoms with van der Waals surface area (Å²) in [5.41, 5.74) is 5.30. The zero-order valence-corrected chi connectivity index (χ0v) is 11.4. The molecule has 0 fully saturated rings. The van der Waals surface area contributed by atoms with Gasteiger partial charge in [0.2, 0.25) is 0 Å². The number of hydrogen-bond acceptors (Lipinski definition) is 6. The van der Waals surface area contributed by atoms with Crippen molar-refractivity contribution in [3.8, 4) is 0 Å². The fraction of sp³-hybridized carbons (Fsp3) is 1.00. The Labute approximate surface area is 98.4 Å². The van der Waals surface area contributed by atoms with Crippen LogP contribution in [0.5, 0.6) is 0 Å². The monoisotopic (exact) mass is 252 g/mol. The molecule has 0 aromatic carbocycles. The molecule has 98 valence electrons. The van der Waals surface area contributed by atoms with E-state index in [9.17, 15) is 5.11 Å². The van der Waals surface area contributed by atoms with Crippen LogP contribution in [-0.2, 0) is 13.3 Å². The van der Waals surface area contributed by atoms with Crippen LogP contribution in [0.2, 0.25) is 6.55 Å². The zero-order valence-electron chi connectivity index (χ0n) is 10.4. The van der Waals surface area contributed by atoms with Crippen LogP contribution in [0.15, 0.2) is 0 Å². The average molecular weight is 252 g/mol. The third-order valence-corrected chi connectivity index (χ3v) is 4.46. The highest BCUT2D eigenvalue weighted by molar-refractivity contribution is 6.59. The predicted molar refractivity (Wildman–Crippen MR) is 63.9 cm³/mol. The summed E-state index contributed by atoms with van der Waals surface area (Å²) in [6.45, 7) is 3.48. The predicted octanol–water partition coefficient (Wildman–Crippen LogP) is -0.489. The lowest BCUT2D eigenvalue weighted by molar-refractivity contribution is 0.0867. The highest BCUT2D eigenvalue weighted by atomic mass is 28.4. The first kappa shape index (κ1) is 16.0. The quantitative estimate of drug-likeness (QED) is 0.276. The second-order valence-corrected chi connectivity index (χ2v) is 6.35. The first-order chi connectivity index (χ1) is 7.58. The van der Waals surface area contributed by atoms with Crippen LogP contribution in [0.25, 0.3) is 0 Å². The minimum Gasteiger partial charge on any atom is -0.379 e. The summed E-state index contributed by atoms with van der Waals surface area (Å²) in [5.74, 6) is 0. The van der Waals surface area contributed by atoms with Crippen molar-refractivity contribution in [2.75, 3.05) is 33.9 Å². The Hall–Kier alpha value is -0.0231. The number of aliphatic hydroxyl groups excluding tert-OH is 1. The van der Waals surface area contributed by atoms with Gasteiger partial charge in [-0.3, -0.25) is 5.32 Å². The van der Waals surface area contributed by atoms with E-state index in [4.69, 9.17) is 19.0 Å². The Bertz CT molecular complexity index is 170. The molecule has 0 bridgehead atoms. The zero-order chi connectivity index (χ0) is 12.4. The summed E-state index contributed by atoms with van der Waals surface area (Å²) in [5, 5.41) is 12.3. The molecule has 0 aliphatic rings. The Morgan fingerprint density at radius 1 is 1.38 bits per heavy atom. The number of rotatable bonds is 10. The SMILES string of the molecule is CO[Si](C)(OC)OCCCC(O)NCCN. The van der Waals surface area contributed by atoms with Crippen molar-refractivity contribution in [1.82, 2.24) is 5.32 Å². The van der Waals surface area contributed by atoms with Crippen molar-refractivity contribution in [2.45, 2.75) is 25.6 Å². The Kier molecular flexibility index (Phi) is 9.04. The second kappa shape index (κ2) is 9.05. The fourth-order valence-electron chi connectivity index (χ4n) is 1.09. The molecular formula is C9H24N2O4Si. The number of nitrogens with two attached hydrogens (primary N) is 1. The van der Waals surface area contributed by atoms with Gasteiger partial charge in [-0.25, -0.2) is 0 Å². The summed E-state index contributed by atoms with van der Waals surface area (Å²) < 4.78 is 15.8. The average Bonchev–Trinajstić information content (AvgIpc) is 2.31. The standard InChI is InChI=1S/C9H24N2O4Si/c1-13-16(3,14-2)15-8-4-5-9(12)11-7-6-10/h9,11-12H,4-8,10H2,1-3H3. The molecule has 4 N–H and O–H groups in total. The van der Waals surface area contributed by atoms with Crippen molar-refractivity contribution >= 4 is 8.80 Å². The lowest BCUT2D eigenvalue weighted by atomic mass is 10.3. The molecule has 0 heterocycles. The van der Waals surface area contributed by atoms with Gasteiger partial charge in [0.1, 0.15) is 6.23 Å². The maximum Gasteiger partial charge on any atom is 0.497 e. The van der Waals surface area contributed by atoms with Crippen molar-refractivity contribution < 1.29 is 18.4 Å². The Morgan fingerprint density at radius 3 is 2.50 bits per heavy atom. The third kappa shape index (κ3) is 7.28. The molecule has 0 aliphatic carbocycles. The van der Waals surface area contributed by atoms with Crippen LogP contribution in [-0.4, -0.2) is 54.1 Å². The highest BCUT2D eigenvalue weighted by Gasteiger charge is 2.31. The van der Waals surface area contributed by atoms with Gasteiger partial charge in [-0.15, -0.1) is 0 Å². The van der Waals surface area contributed by atoms with Crippen LogP contribution in [0.1, 0.15) is 12.8 Å². The van der Waals surface area contributed by atoms with Crippen LogP contribution in [0.4, 0.5) is 0 Å². The van der Waals surface area contributed by atoms with Gasteiger partial charge in [0, 0.05) is 40.5 Å². The smallest absolute Gasteiger partial charge is 0.379 e. The van der Waals surface area contributed by atoms with E-state index >= 15 is 0 Å². The Morgan fingerprint density at radius 2 is 2.00 bits per heavy atom. The maximum atomic E-state index is 9.45. The van der Waals surface area contributed by atoms with E-state index in [-0.39, 0.29) is 0 Å². The van der Waals surface area contributed by atoms with E-state index < -0.39 is 15.0 Å². The second-order valence-electron chi connectivity index (χ2n) is 3.52. The van der Waals surface area contributed by atoms with Gasteiger partial charge in [-0.05, 0) is 12.8 Å². The molecule has 0 aliphatic heterocycles. The lowest BCUT2D eigenvalue weighted by Crippen LogP contribution is -2.40. The van der Waals surface area contributed by atoms with E-state index in [1.54, 1.807) is 14.2 Å². The third-order valence-electron chi connectivity index (χ3n) is 2.25. The molecule has 1 unspecified atom stereocenters. The molecule has 0 aromatic rings. The van der Waals surface area contributed by atoms with Gasteiger partial charge >= 0.3 is 8.80 Å². The molecule has 7 heteroatoms. The van der Waals surface area contributed by atoms with Crippen LogP contribution in [0, 0.1) is 0 Å². The molecular weight excluding hydrogens is 228 g/mol. The van der Waals surface area contributed by atoms with Crippen molar-refractivity contribution in [1.29, 1.82) is 0 Å². The Balaban J connectivity index is 3.51. The van der Waals surface area contributed by atoms with Crippen molar-refractivity contribution in [2.24, 2.45) is 5.73 Å². The van der Waals surface area contributed by atoms with E-state index in [1.807, 2.05) is 6.55 Å². The van der Waals surface area contributed by atoms with Crippen LogP contribution in [0.3, 0.4) is 0 Å². The topological polar surface area (TPSA) is 86.0 Å². The van der Waals surface area contributed by atoms with Gasteiger partial charge < -0.3 is 24.1 Å². The van der Waals surface area contributed by atoms with Gasteiger partial charge in [0.25, 0.3) is 0 Å². The van der Waals surface area contributed by atoms with Gasteiger partial charge in [-0.2, -0.15) is 0 Å².